The molecule has 4 heterocycles. The van der Waals surface area contributed by atoms with E-state index >= 15 is 4.39 Å². The summed E-state index contributed by atoms with van der Waals surface area (Å²) in [6, 6.07) is 8.19. The van der Waals surface area contributed by atoms with Gasteiger partial charge in [-0.3, -0.25) is 9.69 Å². The number of halogens is 1. The van der Waals surface area contributed by atoms with Gasteiger partial charge in [-0.2, -0.15) is 0 Å². The van der Waals surface area contributed by atoms with Gasteiger partial charge in [0.1, 0.15) is 23.9 Å². The van der Waals surface area contributed by atoms with E-state index in [0.717, 1.165) is 5.69 Å². The van der Waals surface area contributed by atoms with Gasteiger partial charge in [-0.05, 0) is 40.8 Å². The maximum atomic E-state index is 15.0. The number of ether oxygens (including phenoxy) is 1. The number of fused-ring (bicyclic) bond motifs is 1. The first-order chi connectivity index (χ1) is 16.0. The number of nitrogens with zero attached hydrogens (tertiary/aromatic N) is 7. The number of imidazole rings is 1. The van der Waals surface area contributed by atoms with Crippen LogP contribution in [-0.2, 0) is 16.1 Å². The topological polar surface area (TPSA) is 120 Å². The van der Waals surface area contributed by atoms with Crippen LogP contribution in [0.15, 0.2) is 49.1 Å². The molecule has 1 aromatic carbocycles. The molecule has 1 N–H and O–H groups in total. The molecule has 5 rings (SSSR count). The fraction of sp³-hybridized carbons (Fsp3) is 0.238. The molecule has 0 spiro atoms. The van der Waals surface area contributed by atoms with Crippen molar-refractivity contribution in [3.8, 4) is 11.1 Å². The van der Waals surface area contributed by atoms with E-state index < -0.39 is 18.0 Å². The number of carbonyl (C=O) groups is 2. The number of benzene rings is 1. The highest BCUT2D eigenvalue weighted by atomic mass is 19.1. The fourth-order valence-electron chi connectivity index (χ4n) is 3.70. The Balaban J connectivity index is 1.35. The largest absolute Gasteiger partial charge is 0.442 e. The van der Waals surface area contributed by atoms with Crippen molar-refractivity contribution in [2.24, 2.45) is 0 Å². The summed E-state index contributed by atoms with van der Waals surface area (Å²) in [5, 5.41) is 13.7. The third-order valence-electron chi connectivity index (χ3n) is 5.24. The quantitative estimate of drug-likeness (QED) is 0.474. The zero-order valence-electron chi connectivity index (χ0n) is 17.6. The number of rotatable bonds is 6. The van der Waals surface area contributed by atoms with Crippen LogP contribution < -0.4 is 10.2 Å². The number of aromatic nitrogens is 6. The van der Waals surface area contributed by atoms with Crippen molar-refractivity contribution < 1.29 is 18.7 Å². The van der Waals surface area contributed by atoms with E-state index in [4.69, 9.17) is 4.74 Å². The van der Waals surface area contributed by atoms with Crippen LogP contribution in [0.4, 0.5) is 14.9 Å². The Kier molecular flexibility index (Phi) is 5.17. The molecule has 0 saturated carbocycles. The van der Waals surface area contributed by atoms with Gasteiger partial charge in [-0.15, -0.1) is 5.10 Å². The van der Waals surface area contributed by atoms with E-state index in [1.165, 1.54) is 24.2 Å². The molecule has 12 heteroatoms. The monoisotopic (exact) mass is 450 g/mol. The number of amides is 2. The van der Waals surface area contributed by atoms with Gasteiger partial charge < -0.3 is 14.5 Å². The summed E-state index contributed by atoms with van der Waals surface area (Å²) >= 11 is 0. The Labute approximate surface area is 186 Å². The van der Waals surface area contributed by atoms with Crippen LogP contribution in [-0.4, -0.2) is 60.8 Å². The second-order valence-corrected chi connectivity index (χ2v) is 7.64. The fourth-order valence-corrected chi connectivity index (χ4v) is 3.70. The molecule has 3 aromatic heterocycles. The first-order valence-corrected chi connectivity index (χ1v) is 10.2. The van der Waals surface area contributed by atoms with Crippen LogP contribution in [0.5, 0.6) is 0 Å². The number of anilines is 1. The lowest BCUT2D eigenvalue weighted by molar-refractivity contribution is -0.119. The van der Waals surface area contributed by atoms with Crippen LogP contribution in [0.25, 0.3) is 16.8 Å². The molecule has 168 valence electrons. The first-order valence-electron chi connectivity index (χ1n) is 10.2. The Morgan fingerprint density at radius 3 is 2.91 bits per heavy atom. The Morgan fingerprint density at radius 1 is 1.27 bits per heavy atom. The van der Waals surface area contributed by atoms with Gasteiger partial charge in [0.05, 0.1) is 31.0 Å². The average molecular weight is 450 g/mol. The van der Waals surface area contributed by atoms with Gasteiger partial charge in [0.15, 0.2) is 0 Å². The summed E-state index contributed by atoms with van der Waals surface area (Å²) in [6.45, 7) is 2.24. The third kappa shape index (κ3) is 4.22. The van der Waals surface area contributed by atoms with Gasteiger partial charge >= 0.3 is 6.09 Å². The minimum atomic E-state index is -0.576. The van der Waals surface area contributed by atoms with E-state index in [-0.39, 0.29) is 19.0 Å². The Bertz CT molecular complexity index is 1340. The van der Waals surface area contributed by atoms with E-state index in [1.807, 2.05) is 10.6 Å². The molecular formula is C21H19FN8O3. The van der Waals surface area contributed by atoms with E-state index in [2.05, 4.69) is 25.8 Å². The lowest BCUT2D eigenvalue weighted by atomic mass is 10.1. The molecule has 0 aliphatic carbocycles. The summed E-state index contributed by atoms with van der Waals surface area (Å²) in [4.78, 5) is 29.1. The minimum absolute atomic E-state index is 0.207. The number of pyridine rings is 1. The zero-order chi connectivity index (χ0) is 22.9. The molecule has 0 radical (unpaired) electrons. The predicted molar refractivity (Wildman–Crippen MR) is 114 cm³/mol. The van der Waals surface area contributed by atoms with Crippen LogP contribution in [0.1, 0.15) is 12.6 Å². The number of hydrogen-bond donors (Lipinski definition) is 1. The third-order valence-corrected chi connectivity index (χ3v) is 5.24. The first kappa shape index (κ1) is 20.5. The molecule has 1 aliphatic heterocycles. The molecule has 0 bridgehead atoms. The van der Waals surface area contributed by atoms with Crippen LogP contribution in [0.3, 0.4) is 0 Å². The number of nitrogens with one attached hydrogen (secondary N) is 1. The highest BCUT2D eigenvalue weighted by Gasteiger charge is 2.32. The molecule has 33 heavy (non-hydrogen) atoms. The summed E-state index contributed by atoms with van der Waals surface area (Å²) in [5.74, 6) is -0.684. The maximum absolute atomic E-state index is 15.0. The van der Waals surface area contributed by atoms with Crippen molar-refractivity contribution in [3.05, 3.63) is 60.6 Å². The number of carbonyl (C=O) groups excluding carboxylic acids is 2. The van der Waals surface area contributed by atoms with E-state index in [1.54, 1.807) is 35.1 Å². The van der Waals surface area contributed by atoms with Gasteiger partial charge in [-0.1, -0.05) is 0 Å². The molecule has 4 aromatic rings. The molecule has 11 nitrogen and oxygen atoms in total. The molecule has 1 saturated heterocycles. The summed E-state index contributed by atoms with van der Waals surface area (Å²) in [5.41, 5.74) is 2.91. The van der Waals surface area contributed by atoms with Crippen molar-refractivity contribution in [2.45, 2.75) is 19.6 Å². The van der Waals surface area contributed by atoms with Crippen molar-refractivity contribution in [2.75, 3.05) is 18.0 Å². The lowest BCUT2D eigenvalue weighted by Gasteiger charge is -2.14. The average Bonchev–Trinajstić information content (AvgIpc) is 3.51. The number of hydrogen-bond acceptors (Lipinski definition) is 7. The molecule has 1 fully saturated rings. The van der Waals surface area contributed by atoms with Crippen LogP contribution in [0, 0.1) is 5.82 Å². The maximum Gasteiger partial charge on any atom is 0.414 e. The van der Waals surface area contributed by atoms with Crippen molar-refractivity contribution >= 4 is 23.3 Å². The van der Waals surface area contributed by atoms with Gasteiger partial charge in [0, 0.05) is 30.4 Å². The Morgan fingerprint density at radius 2 is 2.15 bits per heavy atom. The predicted octanol–water partition coefficient (Wildman–Crippen LogP) is 1.64. The number of tetrazole rings is 1. The zero-order valence-corrected chi connectivity index (χ0v) is 17.6. The second kappa shape index (κ2) is 8.30. The summed E-state index contributed by atoms with van der Waals surface area (Å²) < 4.78 is 23.7. The molecule has 1 atom stereocenters. The SMILES string of the molecule is CC(=O)NC[C@H]1CN(c2ccc(-c3ccc4nc(Cn5cnnn5)cn4c3)c(F)c2)C(=O)O1. The van der Waals surface area contributed by atoms with Crippen molar-refractivity contribution in [1.29, 1.82) is 0 Å². The van der Waals surface area contributed by atoms with Crippen LogP contribution in [0.2, 0.25) is 0 Å². The van der Waals surface area contributed by atoms with Crippen molar-refractivity contribution in [1.82, 2.24) is 34.9 Å². The number of cyclic esters (lactones) is 1. The highest BCUT2D eigenvalue weighted by Crippen LogP contribution is 2.29. The standard InChI is InChI=1S/C21H19FN8O3/c1-13(31)23-7-17-11-30(21(32)33-17)16-3-4-18(19(22)6-16)14-2-5-20-25-15(9-28(20)8-14)10-29-12-24-26-27-29/h2-6,8-9,12,17H,7,10-11H2,1H3,(H,23,31)/t17-/m0/s1. The summed E-state index contributed by atoms with van der Waals surface area (Å²) in [6.07, 6.45) is 4.06. The summed E-state index contributed by atoms with van der Waals surface area (Å²) in [7, 11) is 0. The smallest absolute Gasteiger partial charge is 0.414 e. The van der Waals surface area contributed by atoms with E-state index in [9.17, 15) is 9.59 Å². The molecule has 2 amide bonds. The van der Waals surface area contributed by atoms with Crippen molar-refractivity contribution in [3.63, 3.8) is 0 Å². The highest BCUT2D eigenvalue weighted by molar-refractivity contribution is 5.90. The Hall–Kier alpha value is -4.35. The normalized spacial score (nSPS) is 15.8. The molecular weight excluding hydrogens is 431 g/mol. The molecule has 1 aliphatic rings. The minimum Gasteiger partial charge on any atom is -0.442 e. The van der Waals surface area contributed by atoms with Gasteiger partial charge in [-0.25, -0.2) is 18.9 Å². The van der Waals surface area contributed by atoms with Gasteiger partial charge in [0.25, 0.3) is 0 Å². The second-order valence-electron chi connectivity index (χ2n) is 7.64. The van der Waals surface area contributed by atoms with E-state index in [0.29, 0.717) is 29.0 Å². The van der Waals surface area contributed by atoms with Crippen LogP contribution >= 0.6 is 0 Å². The van der Waals surface area contributed by atoms with Gasteiger partial charge in [0.2, 0.25) is 5.91 Å². The lowest BCUT2D eigenvalue weighted by Crippen LogP contribution is -2.33. The molecule has 0 unspecified atom stereocenters.